The first-order valence-corrected chi connectivity index (χ1v) is 19.2. The van der Waals surface area contributed by atoms with Crippen LogP contribution in [0.2, 0.25) is 0 Å². The Labute approximate surface area is 336 Å². The minimum Gasteiger partial charge on any atom is -0.455 e. The third-order valence-electron chi connectivity index (χ3n) is 8.99. The minimum atomic E-state index is -1.48. The fourth-order valence-electron chi connectivity index (χ4n) is 6.49. The van der Waals surface area contributed by atoms with E-state index in [4.69, 9.17) is 8.83 Å². The maximum absolute atomic E-state index is 9.24. The summed E-state index contributed by atoms with van der Waals surface area (Å²) in [6.07, 6.45) is 0. The summed E-state index contributed by atoms with van der Waals surface area (Å²) in [5.41, 5.74) is 6.17. The molecule has 2 heterocycles. The molecule has 0 aliphatic carbocycles. The second-order valence-electron chi connectivity index (χ2n) is 12.3. The van der Waals surface area contributed by atoms with E-state index in [1.807, 2.05) is 54.6 Å². The van der Waals surface area contributed by atoms with Gasteiger partial charge >= 0.3 is 7.12 Å². The van der Waals surface area contributed by atoms with Crippen molar-refractivity contribution in [3.63, 3.8) is 0 Å². The van der Waals surface area contributed by atoms with Crippen LogP contribution in [0.25, 0.3) is 76.5 Å². The summed E-state index contributed by atoms with van der Waals surface area (Å²) in [6, 6.07) is 53.0. The van der Waals surface area contributed by atoms with Crippen LogP contribution in [0.5, 0.6) is 0 Å². The van der Waals surface area contributed by atoms with Gasteiger partial charge in [0.25, 0.3) is 0 Å². The zero-order chi connectivity index (χ0) is 35.8. The average Bonchev–Trinajstić information content (AvgIpc) is 3.73. The van der Waals surface area contributed by atoms with Crippen LogP contribution in [-0.4, -0.2) is 17.2 Å². The predicted octanol–water partition coefficient (Wildman–Crippen LogP) is 12.8. The topological polar surface area (TPSA) is 102 Å². The highest BCUT2D eigenvalue weighted by atomic mass is 127. The van der Waals surface area contributed by atoms with Crippen molar-refractivity contribution in [3.05, 3.63) is 170 Å². The van der Waals surface area contributed by atoms with E-state index in [9.17, 15) is 10.0 Å². The summed E-state index contributed by atoms with van der Waals surface area (Å²) in [6.45, 7) is 0. The molecule has 9 heteroatoms. The van der Waals surface area contributed by atoms with Crippen LogP contribution in [0.4, 0.5) is 0 Å². The maximum Gasteiger partial charge on any atom is 0.488 e. The highest BCUT2D eigenvalue weighted by Gasteiger charge is 2.15. The van der Waals surface area contributed by atoms with Crippen LogP contribution in [-0.2, 0) is 0 Å². The number of rotatable bonds is 2. The highest BCUT2D eigenvalue weighted by molar-refractivity contribution is 14.1. The summed E-state index contributed by atoms with van der Waals surface area (Å²) in [5.74, 6) is 0. The zero-order valence-electron chi connectivity index (χ0n) is 28.1. The summed E-state index contributed by atoms with van der Waals surface area (Å²) >= 11 is 9.17. The number of hydrogen-bond acceptors (Lipinski definition) is 5. The molecule has 0 unspecified atom stereocenters. The number of hydrogen-bond donors (Lipinski definition) is 3. The molecule has 53 heavy (non-hydrogen) atoms. The molecule has 0 amide bonds. The number of furan rings is 2. The van der Waals surface area contributed by atoms with Gasteiger partial charge in [0.15, 0.2) is 0 Å². The second kappa shape index (κ2) is 15.9. The van der Waals surface area contributed by atoms with Crippen molar-refractivity contribution in [2.45, 2.75) is 0 Å². The van der Waals surface area contributed by atoms with E-state index in [-0.39, 0.29) is 6.15 Å². The van der Waals surface area contributed by atoms with Gasteiger partial charge in [-0.05, 0) is 111 Å². The number of fused-ring (bicyclic) bond motifs is 10. The molecule has 0 saturated heterocycles. The zero-order valence-corrected chi connectivity index (χ0v) is 33.5. The van der Waals surface area contributed by atoms with Crippen LogP contribution in [0.15, 0.2) is 176 Å². The van der Waals surface area contributed by atoms with Gasteiger partial charge in [0, 0.05) is 44.8 Å². The lowest BCUT2D eigenvalue weighted by molar-refractivity contribution is 0.425. The number of benzene rings is 8. The first-order chi connectivity index (χ1) is 25.3. The van der Waals surface area contributed by atoms with Gasteiger partial charge in [0.05, 0.1) is 0 Å². The van der Waals surface area contributed by atoms with Crippen LogP contribution in [0, 0.1) is 3.57 Å². The predicted molar refractivity (Wildman–Crippen MR) is 237 cm³/mol. The smallest absolute Gasteiger partial charge is 0.455 e. The quantitative estimate of drug-likeness (QED) is 0.118. The summed E-state index contributed by atoms with van der Waals surface area (Å²) in [7, 11) is -1.48. The normalized spacial score (nSPS) is 11.0. The summed E-state index contributed by atoms with van der Waals surface area (Å²) in [5, 5.41) is 27.4. The molecular formula is C44H31BBr2INO4. The first kappa shape index (κ1) is 36.9. The van der Waals surface area contributed by atoms with E-state index in [0.717, 1.165) is 63.6 Å². The fraction of sp³-hybridized carbons (Fsp3) is 0. The van der Waals surface area contributed by atoms with E-state index in [2.05, 4.69) is 145 Å². The van der Waals surface area contributed by atoms with Crippen molar-refractivity contribution in [2.24, 2.45) is 0 Å². The van der Waals surface area contributed by atoms with Crippen LogP contribution in [0.3, 0.4) is 0 Å². The Morgan fingerprint density at radius 3 is 1.51 bits per heavy atom. The Morgan fingerprint density at radius 1 is 0.453 bits per heavy atom. The van der Waals surface area contributed by atoms with Crippen LogP contribution < -0.4 is 11.6 Å². The minimum absolute atomic E-state index is 0. The van der Waals surface area contributed by atoms with E-state index < -0.39 is 7.12 Å². The van der Waals surface area contributed by atoms with Gasteiger partial charge in [-0.3, -0.25) is 0 Å². The summed E-state index contributed by atoms with van der Waals surface area (Å²) in [4.78, 5) is 0. The van der Waals surface area contributed by atoms with E-state index >= 15 is 0 Å². The second-order valence-corrected chi connectivity index (χ2v) is 15.4. The van der Waals surface area contributed by atoms with Crippen molar-refractivity contribution < 1.29 is 18.9 Å². The Bertz CT molecular complexity index is 2890. The van der Waals surface area contributed by atoms with Gasteiger partial charge in [-0.1, -0.05) is 129 Å². The van der Waals surface area contributed by atoms with Gasteiger partial charge in [0.1, 0.15) is 22.3 Å². The first-order valence-electron chi connectivity index (χ1n) is 16.5. The van der Waals surface area contributed by atoms with Crippen molar-refractivity contribution in [3.8, 4) is 11.1 Å². The largest absolute Gasteiger partial charge is 0.488 e. The van der Waals surface area contributed by atoms with Crippen LogP contribution >= 0.6 is 54.5 Å². The van der Waals surface area contributed by atoms with E-state index in [0.29, 0.717) is 11.0 Å². The van der Waals surface area contributed by atoms with Gasteiger partial charge in [-0.2, -0.15) is 0 Å². The molecule has 0 bridgehead atoms. The Hall–Kier alpha value is -4.49. The molecular weight excluding hydrogens is 904 g/mol. The molecule has 10 rings (SSSR count). The standard InChI is InChI=1S/C22H13BrO.C16H11BO3.C6H4BrI.H3N/c23-17-6-3-5-15(12-17)16-9-10-19-20-11-8-14-4-1-2-7-18(14)22(20)24-21(19)13-16;18-17(19)11-6-8-13-14-7-5-10-3-1-2-4-12(10)16(14)20-15(13)9-11;7-5-2-1-3-6(8)4-5;/h1-13H;1-9,18-19H;1-4H;1H3. The van der Waals surface area contributed by atoms with Gasteiger partial charge in [0.2, 0.25) is 0 Å². The lowest BCUT2D eigenvalue weighted by atomic mass is 9.80. The molecule has 0 atom stereocenters. The van der Waals surface area contributed by atoms with Crippen molar-refractivity contribution >= 4 is 132 Å². The summed E-state index contributed by atoms with van der Waals surface area (Å²) < 4.78 is 15.7. The van der Waals surface area contributed by atoms with Crippen LogP contribution in [0.1, 0.15) is 0 Å². The molecule has 5 N–H and O–H groups in total. The fourth-order valence-corrected chi connectivity index (χ4v) is 8.26. The molecule has 260 valence electrons. The molecule has 10 aromatic rings. The Morgan fingerprint density at radius 2 is 0.962 bits per heavy atom. The third kappa shape index (κ3) is 7.64. The van der Waals surface area contributed by atoms with E-state index in [1.54, 1.807) is 12.1 Å². The third-order valence-corrected chi connectivity index (χ3v) is 10.7. The highest BCUT2D eigenvalue weighted by Crippen LogP contribution is 2.37. The van der Waals surface area contributed by atoms with E-state index in [1.165, 1.54) is 19.9 Å². The molecule has 0 spiro atoms. The lowest BCUT2D eigenvalue weighted by Crippen LogP contribution is -2.29. The van der Waals surface area contributed by atoms with Crippen molar-refractivity contribution in [1.29, 1.82) is 0 Å². The van der Waals surface area contributed by atoms with Gasteiger partial charge < -0.3 is 25.0 Å². The average molecular weight is 935 g/mol. The van der Waals surface area contributed by atoms with Gasteiger partial charge in [-0.15, -0.1) is 0 Å². The maximum atomic E-state index is 9.24. The number of halogens is 3. The molecule has 0 saturated carbocycles. The monoisotopic (exact) mass is 933 g/mol. The van der Waals surface area contributed by atoms with Crippen molar-refractivity contribution in [2.75, 3.05) is 0 Å². The lowest BCUT2D eigenvalue weighted by Gasteiger charge is -2.02. The molecule has 0 aliphatic heterocycles. The van der Waals surface area contributed by atoms with Gasteiger partial charge in [-0.25, -0.2) is 0 Å². The molecule has 5 nitrogen and oxygen atoms in total. The Balaban J connectivity index is 0.000000136. The molecule has 0 fully saturated rings. The molecule has 2 aromatic heterocycles. The Kier molecular flexibility index (Phi) is 11.0. The van der Waals surface area contributed by atoms with Crippen molar-refractivity contribution in [1.82, 2.24) is 6.15 Å². The molecule has 8 aromatic carbocycles. The SMILES string of the molecule is Brc1cccc(-c2ccc3c(c2)oc2c4ccccc4ccc32)c1.Brc1cccc(I)c1.N.OB(O)c1ccc2c(c1)oc1c3ccccc3ccc21. The molecule has 0 aliphatic rings. The molecule has 0 radical (unpaired) electrons.